The van der Waals surface area contributed by atoms with Gasteiger partial charge < -0.3 is 15.8 Å². The number of rotatable bonds is 8. The van der Waals surface area contributed by atoms with Gasteiger partial charge in [-0.05, 0) is 47.9 Å². The fraction of sp³-hybridized carbons (Fsp3) is 0.192. The molecule has 8 heteroatoms. The third-order valence-corrected chi connectivity index (χ3v) is 5.19. The number of nitrogens with one attached hydrogen (secondary N) is 1. The number of nitrogens with two attached hydrogens (primary N) is 1. The molecule has 172 valence electrons. The molecular formula is C26H27N7O. The molecular weight excluding hydrogens is 426 g/mol. The van der Waals surface area contributed by atoms with Crippen LogP contribution in [-0.4, -0.2) is 40.0 Å². The van der Waals surface area contributed by atoms with Crippen molar-refractivity contribution in [1.82, 2.24) is 20.2 Å². The van der Waals surface area contributed by atoms with E-state index in [9.17, 15) is 0 Å². The number of anilines is 2. The molecule has 0 aliphatic heterocycles. The second kappa shape index (κ2) is 10.5. The first-order valence-corrected chi connectivity index (χ1v) is 11.0. The van der Waals surface area contributed by atoms with E-state index in [0.29, 0.717) is 28.8 Å². The molecule has 0 unspecified atom stereocenters. The predicted octanol–water partition coefficient (Wildman–Crippen LogP) is 4.74. The highest BCUT2D eigenvalue weighted by atomic mass is 16.5. The predicted molar refractivity (Wildman–Crippen MR) is 136 cm³/mol. The second-order valence-electron chi connectivity index (χ2n) is 8.04. The maximum absolute atomic E-state index is 6.39. The smallest absolute Gasteiger partial charge is 0.154 e. The van der Waals surface area contributed by atoms with Gasteiger partial charge in [-0.1, -0.05) is 32.0 Å². The summed E-state index contributed by atoms with van der Waals surface area (Å²) in [5, 5.41) is 11.5. The normalized spacial score (nSPS) is 12.2. The molecule has 0 aliphatic rings. The van der Waals surface area contributed by atoms with E-state index in [0.717, 1.165) is 28.0 Å². The maximum Gasteiger partial charge on any atom is 0.154 e. The first-order valence-electron chi connectivity index (χ1n) is 11.0. The van der Waals surface area contributed by atoms with Gasteiger partial charge in [-0.15, -0.1) is 5.10 Å². The van der Waals surface area contributed by atoms with Crippen molar-refractivity contribution in [1.29, 1.82) is 0 Å². The Hall–Kier alpha value is -4.33. The summed E-state index contributed by atoms with van der Waals surface area (Å²) in [5.74, 6) is 2.39. The summed E-state index contributed by atoms with van der Waals surface area (Å²) in [7, 11) is 1.70. The number of allylic oxidation sites excluding steroid dienone is 1. The summed E-state index contributed by atoms with van der Waals surface area (Å²) in [6.45, 7) is 4.45. The quantitative estimate of drug-likeness (QED) is 0.371. The van der Waals surface area contributed by atoms with Crippen LogP contribution in [0.15, 0.2) is 77.7 Å². The topological polar surface area (TPSA) is 111 Å². The van der Waals surface area contributed by atoms with Crippen LogP contribution in [0.1, 0.15) is 30.9 Å². The van der Waals surface area contributed by atoms with E-state index in [2.05, 4.69) is 39.3 Å². The summed E-state index contributed by atoms with van der Waals surface area (Å²) >= 11 is 0. The number of hydrogen-bond acceptors (Lipinski definition) is 8. The Balaban J connectivity index is 1.62. The largest absolute Gasteiger partial charge is 0.487 e. The fourth-order valence-corrected chi connectivity index (χ4v) is 3.34. The standard InChI is InChI=1S/C26H27N7O/c1-17(2)18-12-26(33-30-14-18)32-25-10-9-23-24(31-25)11-19(13-29-23)21(15-28-3)22(27)16-34-20-7-5-4-6-8-20/h4-15,17H,16,27H2,1-3H3,(H,31,32,33). The molecule has 0 saturated heterocycles. The second-order valence-corrected chi connectivity index (χ2v) is 8.04. The number of benzene rings is 1. The van der Waals surface area contributed by atoms with Crippen molar-refractivity contribution in [2.24, 2.45) is 10.7 Å². The van der Waals surface area contributed by atoms with Crippen molar-refractivity contribution in [3.8, 4) is 5.75 Å². The Morgan fingerprint density at radius 1 is 1.06 bits per heavy atom. The van der Waals surface area contributed by atoms with Crippen LogP contribution < -0.4 is 15.8 Å². The van der Waals surface area contributed by atoms with E-state index in [4.69, 9.17) is 15.5 Å². The Morgan fingerprint density at radius 2 is 1.88 bits per heavy atom. The van der Waals surface area contributed by atoms with E-state index in [1.165, 1.54) is 0 Å². The molecule has 3 aromatic heterocycles. The van der Waals surface area contributed by atoms with Crippen molar-refractivity contribution >= 4 is 34.5 Å². The third kappa shape index (κ3) is 5.53. The average molecular weight is 454 g/mol. The number of para-hydroxylation sites is 1. The SMILES string of the molecule is CN=CC(=C(N)COc1ccccc1)c1cnc2ccc(Nc3cc(C(C)C)cnn3)nc2c1. The number of aromatic nitrogens is 4. The van der Waals surface area contributed by atoms with Crippen LogP contribution in [0.4, 0.5) is 11.6 Å². The summed E-state index contributed by atoms with van der Waals surface area (Å²) in [6, 6.07) is 17.2. The zero-order valence-corrected chi connectivity index (χ0v) is 19.4. The molecule has 34 heavy (non-hydrogen) atoms. The highest BCUT2D eigenvalue weighted by Gasteiger charge is 2.10. The van der Waals surface area contributed by atoms with Crippen LogP contribution in [-0.2, 0) is 0 Å². The minimum absolute atomic E-state index is 0.225. The van der Waals surface area contributed by atoms with Crippen molar-refractivity contribution in [2.75, 3.05) is 19.0 Å². The molecule has 1 aromatic carbocycles. The molecule has 0 fully saturated rings. The van der Waals surface area contributed by atoms with Crippen molar-refractivity contribution in [3.63, 3.8) is 0 Å². The van der Waals surface area contributed by atoms with Gasteiger partial charge in [-0.25, -0.2) is 4.98 Å². The van der Waals surface area contributed by atoms with Gasteiger partial charge in [0.1, 0.15) is 18.2 Å². The number of fused-ring (bicyclic) bond motifs is 1. The van der Waals surface area contributed by atoms with Crippen LogP contribution in [0.25, 0.3) is 16.6 Å². The summed E-state index contributed by atoms with van der Waals surface area (Å²) in [5.41, 5.74) is 11.1. The van der Waals surface area contributed by atoms with Gasteiger partial charge in [0.2, 0.25) is 0 Å². The van der Waals surface area contributed by atoms with Crippen LogP contribution in [0.2, 0.25) is 0 Å². The van der Waals surface area contributed by atoms with E-state index in [-0.39, 0.29) is 6.61 Å². The summed E-state index contributed by atoms with van der Waals surface area (Å²) in [4.78, 5) is 13.5. The molecule has 4 rings (SSSR count). The molecule has 0 atom stereocenters. The molecule has 0 saturated carbocycles. The van der Waals surface area contributed by atoms with Gasteiger partial charge in [-0.3, -0.25) is 9.98 Å². The maximum atomic E-state index is 6.39. The molecule has 4 aromatic rings. The zero-order valence-electron chi connectivity index (χ0n) is 19.4. The Morgan fingerprint density at radius 3 is 2.65 bits per heavy atom. The molecule has 0 bridgehead atoms. The van der Waals surface area contributed by atoms with Crippen molar-refractivity contribution < 1.29 is 4.74 Å². The van der Waals surface area contributed by atoms with Gasteiger partial charge >= 0.3 is 0 Å². The van der Waals surface area contributed by atoms with Gasteiger partial charge in [-0.2, -0.15) is 5.10 Å². The van der Waals surface area contributed by atoms with Crippen LogP contribution in [0.3, 0.4) is 0 Å². The summed E-state index contributed by atoms with van der Waals surface area (Å²) in [6.07, 6.45) is 5.25. The minimum Gasteiger partial charge on any atom is -0.487 e. The number of nitrogens with zero attached hydrogens (tertiary/aromatic N) is 5. The van der Waals surface area contributed by atoms with Crippen molar-refractivity contribution in [3.05, 3.63) is 83.8 Å². The monoisotopic (exact) mass is 453 g/mol. The fourth-order valence-electron chi connectivity index (χ4n) is 3.34. The van der Waals surface area contributed by atoms with Crippen molar-refractivity contribution in [2.45, 2.75) is 19.8 Å². The van der Waals surface area contributed by atoms with Gasteiger partial charge in [0.25, 0.3) is 0 Å². The van der Waals surface area contributed by atoms with Gasteiger partial charge in [0, 0.05) is 30.6 Å². The lowest BCUT2D eigenvalue weighted by Crippen LogP contribution is -2.13. The average Bonchev–Trinajstić information content (AvgIpc) is 2.86. The van der Waals surface area contributed by atoms with Crippen LogP contribution in [0.5, 0.6) is 5.75 Å². The molecule has 0 spiro atoms. The Labute approximate surface area is 198 Å². The molecule has 0 amide bonds. The van der Waals surface area contributed by atoms with Crippen LogP contribution >= 0.6 is 0 Å². The lowest BCUT2D eigenvalue weighted by atomic mass is 10.1. The van der Waals surface area contributed by atoms with Crippen LogP contribution in [0, 0.1) is 0 Å². The lowest BCUT2D eigenvalue weighted by molar-refractivity contribution is 0.351. The van der Waals surface area contributed by atoms with Gasteiger partial charge in [0.05, 0.1) is 22.9 Å². The first kappa shape index (κ1) is 22.8. The number of hydrogen-bond donors (Lipinski definition) is 2. The molecule has 0 aliphatic carbocycles. The molecule has 3 heterocycles. The third-order valence-electron chi connectivity index (χ3n) is 5.19. The molecule has 8 nitrogen and oxygen atoms in total. The van der Waals surface area contributed by atoms with E-state index < -0.39 is 0 Å². The van der Waals surface area contributed by atoms with Gasteiger partial charge in [0.15, 0.2) is 5.82 Å². The number of pyridine rings is 2. The zero-order chi connectivity index (χ0) is 23.9. The van der Waals surface area contributed by atoms with E-state index >= 15 is 0 Å². The molecule has 0 radical (unpaired) electrons. The number of aliphatic imine (C=N–C) groups is 1. The van der Waals surface area contributed by atoms with E-state index in [1.54, 1.807) is 25.7 Å². The number of ether oxygens (including phenoxy) is 1. The summed E-state index contributed by atoms with van der Waals surface area (Å²) < 4.78 is 5.81. The van der Waals surface area contributed by atoms with E-state index in [1.807, 2.05) is 54.6 Å². The Kier molecular flexibility index (Phi) is 7.07. The highest BCUT2D eigenvalue weighted by molar-refractivity contribution is 6.11. The Bertz CT molecular complexity index is 1330. The highest BCUT2D eigenvalue weighted by Crippen LogP contribution is 2.23. The minimum atomic E-state index is 0.225. The molecule has 3 N–H and O–H groups in total. The first-order chi connectivity index (χ1) is 16.5. The lowest BCUT2D eigenvalue weighted by Gasteiger charge is -2.11.